The van der Waals surface area contributed by atoms with Crippen LogP contribution >= 0.6 is 11.8 Å². The first kappa shape index (κ1) is 18.9. The topological polar surface area (TPSA) is 70.7 Å². The molecule has 0 spiro atoms. The summed E-state index contributed by atoms with van der Waals surface area (Å²) in [6.07, 6.45) is 4.92. The third kappa shape index (κ3) is 3.10. The molecule has 30 heavy (non-hydrogen) atoms. The van der Waals surface area contributed by atoms with Gasteiger partial charge in [0.05, 0.1) is 11.3 Å². The summed E-state index contributed by atoms with van der Waals surface area (Å²) in [7, 11) is 0. The van der Waals surface area contributed by atoms with Crippen LogP contribution in [0, 0.1) is 0 Å². The highest BCUT2D eigenvalue weighted by Crippen LogP contribution is 2.48. The van der Waals surface area contributed by atoms with Gasteiger partial charge in [-0.1, -0.05) is 24.8 Å². The summed E-state index contributed by atoms with van der Waals surface area (Å²) in [5, 5.41) is 10.3. The zero-order chi connectivity index (χ0) is 20.7. The molecule has 0 aliphatic carbocycles. The smallest absolute Gasteiger partial charge is 0.335 e. The van der Waals surface area contributed by atoms with E-state index in [1.54, 1.807) is 12.1 Å². The minimum Gasteiger partial charge on any atom is -0.478 e. The van der Waals surface area contributed by atoms with Gasteiger partial charge in [0.1, 0.15) is 12.1 Å². The number of aromatic carboxylic acids is 1. The Morgan fingerprint density at radius 1 is 1.17 bits per heavy atom. The molecule has 2 aromatic heterocycles. The molecule has 0 bridgehead atoms. The van der Waals surface area contributed by atoms with Crippen LogP contribution in [-0.4, -0.2) is 42.5 Å². The van der Waals surface area contributed by atoms with Gasteiger partial charge in [-0.3, -0.25) is 9.98 Å². The Hall–Kier alpha value is -3.06. The summed E-state index contributed by atoms with van der Waals surface area (Å²) >= 11 is 1.83. The highest BCUT2D eigenvalue weighted by atomic mass is 32.2. The van der Waals surface area contributed by atoms with Gasteiger partial charge in [-0.2, -0.15) is 0 Å². The average molecular weight is 419 g/mol. The van der Waals surface area contributed by atoms with Gasteiger partial charge in [0, 0.05) is 35.6 Å². The fourth-order valence-electron chi connectivity index (χ4n) is 4.31. The van der Waals surface area contributed by atoms with Gasteiger partial charge in [-0.25, -0.2) is 4.79 Å². The Kier molecular flexibility index (Phi) is 4.83. The van der Waals surface area contributed by atoms with E-state index < -0.39 is 5.97 Å². The van der Waals surface area contributed by atoms with Crippen molar-refractivity contribution >= 4 is 22.9 Å². The molecule has 1 saturated heterocycles. The molecule has 4 heterocycles. The van der Waals surface area contributed by atoms with Crippen LogP contribution in [0.5, 0.6) is 0 Å². The van der Waals surface area contributed by atoms with Crippen molar-refractivity contribution in [2.24, 2.45) is 4.99 Å². The molecule has 5 rings (SSSR count). The van der Waals surface area contributed by atoms with Crippen molar-refractivity contribution in [2.75, 3.05) is 5.75 Å². The highest BCUT2D eigenvalue weighted by Gasteiger charge is 2.46. The third-order valence-corrected chi connectivity index (χ3v) is 6.93. The first-order valence-corrected chi connectivity index (χ1v) is 11.1. The molecule has 3 atom stereocenters. The molecule has 1 fully saturated rings. The largest absolute Gasteiger partial charge is 0.478 e. The zero-order valence-electron chi connectivity index (χ0n) is 16.5. The molecule has 6 nitrogen and oxygen atoms in total. The van der Waals surface area contributed by atoms with E-state index in [0.717, 1.165) is 34.4 Å². The summed E-state index contributed by atoms with van der Waals surface area (Å²) in [5.41, 5.74) is 3.32. The van der Waals surface area contributed by atoms with Crippen LogP contribution in [0.2, 0.25) is 0 Å². The quantitative estimate of drug-likeness (QED) is 0.658. The van der Waals surface area contributed by atoms with Crippen LogP contribution in [-0.2, 0) is 0 Å². The molecule has 7 heteroatoms. The number of carboxylic acid groups (broad SMARTS) is 1. The monoisotopic (exact) mass is 418 g/mol. The molecule has 3 aromatic rings. The van der Waals surface area contributed by atoms with E-state index in [1.165, 1.54) is 0 Å². The van der Waals surface area contributed by atoms with E-state index in [4.69, 9.17) is 4.99 Å². The number of benzene rings is 1. The van der Waals surface area contributed by atoms with E-state index in [-0.39, 0.29) is 17.6 Å². The van der Waals surface area contributed by atoms with Crippen LogP contribution in [0.3, 0.4) is 0 Å². The Balaban J connectivity index is 1.59. The normalized spacial score (nSPS) is 22.8. The molecule has 0 saturated carbocycles. The number of thioether (sulfide) groups is 1. The fraction of sp³-hybridized carbons (Fsp3) is 0.261. The number of hydrogen-bond acceptors (Lipinski definition) is 5. The molecule has 152 valence electrons. The average Bonchev–Trinajstić information content (AvgIpc) is 3.49. The SMILES string of the molecule is CC[C@H]1CSC2=N[C@H](c3ccccn3)[C@@H](c3cccn3-c3ccc(C(=O)O)cc3)N21. The lowest BCUT2D eigenvalue weighted by Gasteiger charge is -2.32. The summed E-state index contributed by atoms with van der Waals surface area (Å²) < 4.78 is 2.14. The lowest BCUT2D eigenvalue weighted by Crippen LogP contribution is -2.36. The van der Waals surface area contributed by atoms with Crippen molar-refractivity contribution in [3.63, 3.8) is 0 Å². The highest BCUT2D eigenvalue weighted by molar-refractivity contribution is 8.14. The number of fused-ring (bicyclic) bond motifs is 1. The maximum atomic E-state index is 11.2. The molecule has 1 N–H and O–H groups in total. The van der Waals surface area contributed by atoms with Crippen molar-refractivity contribution in [3.05, 3.63) is 83.9 Å². The number of pyridine rings is 1. The molecule has 2 aliphatic heterocycles. The van der Waals surface area contributed by atoms with Gasteiger partial charge >= 0.3 is 5.97 Å². The minimum absolute atomic E-state index is 0.0454. The van der Waals surface area contributed by atoms with E-state index in [9.17, 15) is 9.90 Å². The second-order valence-electron chi connectivity index (χ2n) is 7.49. The number of carbonyl (C=O) groups is 1. The Morgan fingerprint density at radius 3 is 2.70 bits per heavy atom. The van der Waals surface area contributed by atoms with Crippen molar-refractivity contribution < 1.29 is 9.90 Å². The van der Waals surface area contributed by atoms with Crippen LogP contribution in [0.4, 0.5) is 0 Å². The van der Waals surface area contributed by atoms with Crippen molar-refractivity contribution in [1.82, 2.24) is 14.5 Å². The molecule has 0 amide bonds. The predicted molar refractivity (Wildman–Crippen MR) is 118 cm³/mol. The predicted octanol–water partition coefficient (Wildman–Crippen LogP) is 4.55. The standard InChI is InChI=1S/C23H22N4O2S/c1-2-16-14-30-23-25-20(18-6-3-4-12-24-18)21(27(16)23)19-7-5-13-26(19)17-10-8-15(9-11-17)22(28)29/h3-13,16,20-21H,2,14H2,1H3,(H,28,29)/t16-,20+,21+/m0/s1. The second kappa shape index (κ2) is 7.65. The molecule has 1 aromatic carbocycles. The molecular formula is C23H22N4O2S. The van der Waals surface area contributed by atoms with Crippen molar-refractivity contribution in [3.8, 4) is 5.69 Å². The van der Waals surface area contributed by atoms with Gasteiger partial charge in [-0.05, 0) is 55.0 Å². The maximum Gasteiger partial charge on any atom is 0.335 e. The lowest BCUT2D eigenvalue weighted by atomic mass is 9.99. The molecule has 2 aliphatic rings. The number of amidine groups is 1. The third-order valence-electron chi connectivity index (χ3n) is 5.81. The van der Waals surface area contributed by atoms with Gasteiger partial charge in [0.2, 0.25) is 0 Å². The zero-order valence-corrected chi connectivity index (χ0v) is 17.4. The van der Waals surface area contributed by atoms with Gasteiger partial charge in [-0.15, -0.1) is 0 Å². The molecule has 0 radical (unpaired) electrons. The van der Waals surface area contributed by atoms with Crippen LogP contribution < -0.4 is 0 Å². The Morgan fingerprint density at radius 2 is 2.00 bits per heavy atom. The summed E-state index contributed by atoms with van der Waals surface area (Å²) in [6.45, 7) is 2.23. The van der Waals surface area contributed by atoms with Crippen LogP contribution in [0.25, 0.3) is 5.69 Å². The van der Waals surface area contributed by atoms with Crippen LogP contribution in [0.1, 0.15) is 47.2 Å². The van der Waals surface area contributed by atoms with Gasteiger partial charge < -0.3 is 14.6 Å². The number of nitrogens with zero attached hydrogens (tertiary/aromatic N) is 4. The number of rotatable bonds is 5. The summed E-state index contributed by atoms with van der Waals surface area (Å²) in [4.78, 5) is 23.4. The first-order valence-electron chi connectivity index (χ1n) is 10.1. The van der Waals surface area contributed by atoms with Gasteiger partial charge in [0.15, 0.2) is 5.17 Å². The van der Waals surface area contributed by atoms with Gasteiger partial charge in [0.25, 0.3) is 0 Å². The Labute approximate surface area is 179 Å². The number of aliphatic imine (C=N–C) groups is 1. The van der Waals surface area contributed by atoms with E-state index >= 15 is 0 Å². The number of carboxylic acids is 1. The summed E-state index contributed by atoms with van der Waals surface area (Å²) in [6, 6.07) is 17.6. The molecule has 0 unspecified atom stereocenters. The maximum absolute atomic E-state index is 11.2. The van der Waals surface area contributed by atoms with E-state index in [0.29, 0.717) is 6.04 Å². The fourth-order valence-corrected chi connectivity index (χ4v) is 5.64. The van der Waals surface area contributed by atoms with E-state index in [2.05, 4.69) is 27.4 Å². The Bertz CT molecular complexity index is 1090. The van der Waals surface area contributed by atoms with Crippen molar-refractivity contribution in [1.29, 1.82) is 0 Å². The summed E-state index contributed by atoms with van der Waals surface area (Å²) in [5.74, 6) is 0.132. The number of aromatic nitrogens is 2. The minimum atomic E-state index is -0.918. The van der Waals surface area contributed by atoms with Crippen molar-refractivity contribution in [2.45, 2.75) is 31.5 Å². The molecular weight excluding hydrogens is 396 g/mol. The van der Waals surface area contributed by atoms with E-state index in [1.807, 2.05) is 60.6 Å². The second-order valence-corrected chi connectivity index (χ2v) is 8.48. The number of hydrogen-bond donors (Lipinski definition) is 1. The lowest BCUT2D eigenvalue weighted by molar-refractivity contribution is 0.0697. The van der Waals surface area contributed by atoms with Crippen LogP contribution in [0.15, 0.2) is 72.0 Å². The first-order chi connectivity index (χ1) is 14.7.